The summed E-state index contributed by atoms with van der Waals surface area (Å²) in [6.07, 6.45) is 11.0. The normalized spacial score (nSPS) is 41.6. The van der Waals surface area contributed by atoms with Gasteiger partial charge in [0, 0.05) is 12.0 Å². The molecule has 5 nitrogen and oxygen atoms in total. The van der Waals surface area contributed by atoms with Gasteiger partial charge in [-0.25, -0.2) is 9.07 Å². The Bertz CT molecular complexity index is 1100. The topological polar surface area (TPSA) is 68.0 Å². The number of ketones is 1. The lowest BCUT2D eigenvalue weighted by Crippen LogP contribution is -2.51. The van der Waals surface area contributed by atoms with E-state index in [2.05, 4.69) is 24.2 Å². The Morgan fingerprint density at radius 2 is 1.94 bits per heavy atom. The van der Waals surface area contributed by atoms with Crippen molar-refractivity contribution in [3.63, 3.8) is 0 Å². The van der Waals surface area contributed by atoms with Gasteiger partial charge in [0.15, 0.2) is 5.78 Å². The minimum absolute atomic E-state index is 0.0560. The predicted molar refractivity (Wildman–Crippen MR) is 128 cm³/mol. The minimum atomic E-state index is -0.434. The summed E-state index contributed by atoms with van der Waals surface area (Å²) < 4.78 is 15.4. The lowest BCUT2D eigenvalue weighted by molar-refractivity contribution is -0.133. The molecule has 8 atom stereocenters. The number of halogens is 1. The van der Waals surface area contributed by atoms with Gasteiger partial charge in [0.05, 0.1) is 11.1 Å². The molecule has 1 aromatic heterocycles. The van der Waals surface area contributed by atoms with Gasteiger partial charge < -0.3 is 5.11 Å². The number of fused-ring (bicyclic) bond motifs is 6. The molecule has 184 valence electrons. The fourth-order valence-corrected chi connectivity index (χ4v) is 9.13. The van der Waals surface area contributed by atoms with Crippen molar-refractivity contribution in [2.75, 3.05) is 0 Å². The highest BCUT2D eigenvalue weighted by atomic mass is 19.1. The van der Waals surface area contributed by atoms with Crippen molar-refractivity contribution in [3.05, 3.63) is 24.0 Å². The fraction of sp³-hybridized carbons (Fsp3) is 0.750. The average Bonchev–Trinajstić information content (AvgIpc) is 3.39. The highest BCUT2D eigenvalue weighted by molar-refractivity contribution is 5.84. The second kappa shape index (κ2) is 8.11. The van der Waals surface area contributed by atoms with Crippen LogP contribution in [0.2, 0.25) is 0 Å². The van der Waals surface area contributed by atoms with Crippen molar-refractivity contribution in [2.24, 2.45) is 40.9 Å². The SMILES string of the molecule is CC[C@@]1(O)CC[C@H]2[C@@H](CC[C@@H]3[C@@H]2CC[C@]2(C)[C@@H](C(=O)Cn4nnc5ccc(F)cc54)CC[C@@H]32)C1. The molecule has 1 N–H and O–H groups in total. The van der Waals surface area contributed by atoms with Crippen LogP contribution < -0.4 is 0 Å². The molecule has 1 aromatic carbocycles. The van der Waals surface area contributed by atoms with Crippen LogP contribution in [0.4, 0.5) is 4.39 Å². The van der Waals surface area contributed by atoms with Crippen molar-refractivity contribution >= 4 is 16.8 Å². The number of aromatic nitrogens is 3. The van der Waals surface area contributed by atoms with Crippen LogP contribution in [0, 0.1) is 46.7 Å². The van der Waals surface area contributed by atoms with Gasteiger partial charge in [0.25, 0.3) is 0 Å². The Hall–Kier alpha value is -1.82. The van der Waals surface area contributed by atoms with Crippen LogP contribution in [0.25, 0.3) is 11.0 Å². The number of carbonyl (C=O) groups is 1. The van der Waals surface area contributed by atoms with Gasteiger partial charge in [-0.1, -0.05) is 19.1 Å². The molecular weight excluding hydrogens is 429 g/mol. The summed E-state index contributed by atoms with van der Waals surface area (Å²) in [5.41, 5.74) is 0.853. The zero-order chi connectivity index (χ0) is 23.7. The molecule has 6 rings (SSSR count). The first-order valence-electron chi connectivity index (χ1n) is 13.6. The van der Waals surface area contributed by atoms with Crippen molar-refractivity contribution in [1.29, 1.82) is 0 Å². The maximum Gasteiger partial charge on any atom is 0.157 e. The van der Waals surface area contributed by atoms with Gasteiger partial charge >= 0.3 is 0 Å². The zero-order valence-electron chi connectivity index (χ0n) is 20.5. The lowest BCUT2D eigenvalue weighted by atomic mass is 9.48. The third-order valence-electron chi connectivity index (χ3n) is 10.9. The summed E-state index contributed by atoms with van der Waals surface area (Å²) in [6.45, 7) is 4.69. The molecule has 4 aliphatic carbocycles. The van der Waals surface area contributed by atoms with Gasteiger partial charge in [-0.05, 0) is 111 Å². The molecule has 0 unspecified atom stereocenters. The van der Waals surface area contributed by atoms with E-state index >= 15 is 0 Å². The molecule has 6 heteroatoms. The molecular formula is C28H38FN3O2. The molecule has 0 amide bonds. The van der Waals surface area contributed by atoms with E-state index in [1.165, 1.54) is 37.8 Å². The van der Waals surface area contributed by atoms with E-state index in [1.54, 1.807) is 10.7 Å². The molecule has 34 heavy (non-hydrogen) atoms. The number of Topliss-reactive ketones (excluding diaryl/α,β-unsaturated/α-hetero) is 1. The smallest absolute Gasteiger partial charge is 0.157 e. The van der Waals surface area contributed by atoms with Crippen LogP contribution in [0.5, 0.6) is 0 Å². The second-order valence-corrected chi connectivity index (χ2v) is 12.3. The number of nitrogens with zero attached hydrogens (tertiary/aromatic N) is 3. The summed E-state index contributed by atoms with van der Waals surface area (Å²) in [7, 11) is 0. The Morgan fingerprint density at radius 3 is 2.76 bits per heavy atom. The van der Waals surface area contributed by atoms with E-state index in [4.69, 9.17) is 0 Å². The van der Waals surface area contributed by atoms with Gasteiger partial charge in [-0.15, -0.1) is 5.10 Å². The number of benzene rings is 1. The quantitative estimate of drug-likeness (QED) is 0.640. The Balaban J connectivity index is 1.19. The molecule has 4 saturated carbocycles. The van der Waals surface area contributed by atoms with E-state index in [0.29, 0.717) is 22.9 Å². The Kier molecular flexibility index (Phi) is 5.40. The largest absolute Gasteiger partial charge is 0.390 e. The maximum absolute atomic E-state index is 13.8. The first kappa shape index (κ1) is 22.6. The number of hydrogen-bond acceptors (Lipinski definition) is 4. The van der Waals surface area contributed by atoms with Crippen molar-refractivity contribution in [3.8, 4) is 0 Å². The summed E-state index contributed by atoms with van der Waals surface area (Å²) >= 11 is 0. The molecule has 0 saturated heterocycles. The standard InChI is InChI=1S/C28H38FN3O2/c1-3-28(34)13-11-19-17(15-28)4-6-21-20(19)10-12-27(2)22(21)7-8-23(27)26(33)16-32-25-14-18(29)5-9-24(25)30-31-32/h5,9,14,17,19-23,34H,3-4,6-8,10-13,15-16H2,1-2H3/t17-,19-,20+,21+,22-,23+,27-,28+/m0/s1. The van der Waals surface area contributed by atoms with E-state index in [0.717, 1.165) is 56.3 Å². The van der Waals surface area contributed by atoms with Gasteiger partial charge in [-0.2, -0.15) is 0 Å². The van der Waals surface area contributed by atoms with Crippen LogP contribution in [0.1, 0.15) is 78.1 Å². The third-order valence-corrected chi connectivity index (χ3v) is 10.9. The molecule has 0 radical (unpaired) electrons. The number of aliphatic hydroxyl groups is 1. The maximum atomic E-state index is 13.8. The molecule has 4 fully saturated rings. The first-order valence-corrected chi connectivity index (χ1v) is 13.6. The van der Waals surface area contributed by atoms with Crippen molar-refractivity contribution in [1.82, 2.24) is 15.0 Å². The summed E-state index contributed by atoms with van der Waals surface area (Å²) in [4.78, 5) is 13.6. The summed E-state index contributed by atoms with van der Waals surface area (Å²) in [6, 6.07) is 4.43. The molecule has 0 aliphatic heterocycles. The monoisotopic (exact) mass is 467 g/mol. The summed E-state index contributed by atoms with van der Waals surface area (Å²) in [5.74, 6) is 3.54. The molecule has 0 bridgehead atoms. The zero-order valence-corrected chi connectivity index (χ0v) is 20.5. The van der Waals surface area contributed by atoms with Gasteiger partial charge in [-0.3, -0.25) is 4.79 Å². The van der Waals surface area contributed by atoms with Crippen molar-refractivity contribution in [2.45, 2.75) is 90.2 Å². The Morgan fingerprint density at radius 1 is 1.12 bits per heavy atom. The first-order chi connectivity index (χ1) is 16.3. The van der Waals surface area contributed by atoms with E-state index in [-0.39, 0.29) is 29.5 Å². The Labute approximate surface area is 201 Å². The average molecular weight is 468 g/mol. The molecule has 1 heterocycles. The predicted octanol–water partition coefficient (Wildman–Crippen LogP) is 5.55. The molecule has 0 spiro atoms. The van der Waals surface area contributed by atoms with Crippen LogP contribution in [0.3, 0.4) is 0 Å². The molecule has 2 aromatic rings. The third kappa shape index (κ3) is 3.46. The van der Waals surface area contributed by atoms with Crippen LogP contribution in [-0.2, 0) is 11.3 Å². The minimum Gasteiger partial charge on any atom is -0.390 e. The van der Waals surface area contributed by atoms with Crippen LogP contribution in [-0.4, -0.2) is 31.5 Å². The highest BCUT2D eigenvalue weighted by Gasteiger charge is 2.58. The summed E-state index contributed by atoms with van der Waals surface area (Å²) in [5, 5.41) is 19.2. The second-order valence-electron chi connectivity index (χ2n) is 12.3. The van der Waals surface area contributed by atoms with Gasteiger partial charge in [0.1, 0.15) is 17.9 Å². The van der Waals surface area contributed by atoms with Crippen LogP contribution >= 0.6 is 0 Å². The van der Waals surface area contributed by atoms with Crippen molar-refractivity contribution < 1.29 is 14.3 Å². The highest BCUT2D eigenvalue weighted by Crippen LogP contribution is 2.64. The fourth-order valence-electron chi connectivity index (χ4n) is 9.13. The van der Waals surface area contributed by atoms with E-state index < -0.39 is 5.60 Å². The molecule has 4 aliphatic rings. The van der Waals surface area contributed by atoms with Crippen LogP contribution in [0.15, 0.2) is 18.2 Å². The van der Waals surface area contributed by atoms with E-state index in [9.17, 15) is 14.3 Å². The van der Waals surface area contributed by atoms with Gasteiger partial charge in [0.2, 0.25) is 0 Å². The lowest BCUT2D eigenvalue weighted by Gasteiger charge is -2.57. The number of carbonyl (C=O) groups excluding carboxylic acids is 1. The van der Waals surface area contributed by atoms with E-state index in [1.807, 2.05) is 0 Å². The number of rotatable bonds is 4. The number of hydrogen-bond donors (Lipinski definition) is 1.